The van der Waals surface area contributed by atoms with E-state index in [4.69, 9.17) is 0 Å². The first kappa shape index (κ1) is 18.7. The zero-order valence-corrected chi connectivity index (χ0v) is 15.4. The van der Waals surface area contributed by atoms with E-state index in [0.29, 0.717) is 25.1 Å². The van der Waals surface area contributed by atoms with Crippen LogP contribution >= 0.6 is 0 Å². The van der Waals surface area contributed by atoms with Gasteiger partial charge in [-0.2, -0.15) is 4.31 Å². The number of sulfonamides is 1. The van der Waals surface area contributed by atoms with Crippen molar-refractivity contribution < 1.29 is 17.2 Å². The summed E-state index contributed by atoms with van der Waals surface area (Å²) in [6.07, 6.45) is 4.09. The van der Waals surface area contributed by atoms with Crippen molar-refractivity contribution in [3.05, 3.63) is 29.8 Å². The molecule has 2 fully saturated rings. The fourth-order valence-electron chi connectivity index (χ4n) is 3.97. The van der Waals surface area contributed by atoms with Gasteiger partial charge in [0.15, 0.2) is 0 Å². The summed E-state index contributed by atoms with van der Waals surface area (Å²) in [7, 11) is -3.90. The molecular weight excluding hydrogens is 346 g/mol. The first-order valence-corrected chi connectivity index (χ1v) is 10.5. The Kier molecular flexibility index (Phi) is 5.75. The number of nitrogens with zero attached hydrogens (tertiary/aromatic N) is 2. The fraction of sp³-hybridized carbons (Fsp3) is 0.667. The van der Waals surface area contributed by atoms with Crippen molar-refractivity contribution in [2.75, 3.05) is 32.7 Å². The smallest absolute Gasteiger partial charge is 0.245 e. The van der Waals surface area contributed by atoms with Gasteiger partial charge in [-0.3, -0.25) is 0 Å². The molecule has 7 heteroatoms. The second-order valence-corrected chi connectivity index (χ2v) is 9.34. The quantitative estimate of drug-likeness (QED) is 0.815. The number of likely N-dealkylation sites (tertiary alicyclic amines) is 1. The molecule has 0 amide bonds. The summed E-state index contributed by atoms with van der Waals surface area (Å²) >= 11 is 0. The van der Waals surface area contributed by atoms with Crippen LogP contribution in [0.5, 0.6) is 0 Å². The summed E-state index contributed by atoms with van der Waals surface area (Å²) in [6.45, 7) is 6.34. The summed E-state index contributed by atoms with van der Waals surface area (Å²) in [6, 6.07) is 2.62. The van der Waals surface area contributed by atoms with E-state index in [2.05, 4.69) is 11.8 Å². The molecule has 3 rings (SSSR count). The summed E-state index contributed by atoms with van der Waals surface area (Å²) in [4.78, 5) is 2.06. The maximum atomic E-state index is 13.9. The predicted molar refractivity (Wildman–Crippen MR) is 92.7 cm³/mol. The van der Waals surface area contributed by atoms with Crippen LogP contribution in [-0.2, 0) is 10.0 Å². The van der Waals surface area contributed by atoms with Crippen LogP contribution in [0.2, 0.25) is 0 Å². The molecule has 140 valence electrons. The Balaban J connectivity index is 1.59. The molecule has 1 unspecified atom stereocenters. The second-order valence-electron chi connectivity index (χ2n) is 7.43. The normalized spacial score (nSPS) is 24.5. The minimum Gasteiger partial charge on any atom is -0.303 e. The highest BCUT2D eigenvalue weighted by Gasteiger charge is 2.32. The van der Waals surface area contributed by atoms with Gasteiger partial charge < -0.3 is 4.90 Å². The molecule has 1 atom stereocenters. The molecule has 0 bridgehead atoms. The lowest BCUT2D eigenvalue weighted by Crippen LogP contribution is -2.43. The topological polar surface area (TPSA) is 40.6 Å². The highest BCUT2D eigenvalue weighted by atomic mass is 32.2. The summed E-state index contributed by atoms with van der Waals surface area (Å²) in [5.74, 6) is -0.583. The van der Waals surface area contributed by atoms with E-state index in [1.54, 1.807) is 0 Å². The number of rotatable bonds is 4. The lowest BCUT2D eigenvalue weighted by molar-refractivity contribution is 0.136. The van der Waals surface area contributed by atoms with Crippen LogP contribution in [0.4, 0.5) is 8.78 Å². The van der Waals surface area contributed by atoms with Gasteiger partial charge in [-0.15, -0.1) is 0 Å². The van der Waals surface area contributed by atoms with Crippen LogP contribution in [-0.4, -0.2) is 50.3 Å². The molecule has 0 spiro atoms. The average Bonchev–Trinajstić information content (AvgIpc) is 2.55. The molecule has 1 aromatic rings. The van der Waals surface area contributed by atoms with Crippen molar-refractivity contribution in [1.82, 2.24) is 9.21 Å². The largest absolute Gasteiger partial charge is 0.303 e. The van der Waals surface area contributed by atoms with E-state index in [1.807, 2.05) is 0 Å². The molecule has 0 saturated carbocycles. The van der Waals surface area contributed by atoms with Gasteiger partial charge >= 0.3 is 0 Å². The Morgan fingerprint density at radius 2 is 1.84 bits per heavy atom. The third-order valence-corrected chi connectivity index (χ3v) is 7.27. The van der Waals surface area contributed by atoms with Crippen molar-refractivity contribution in [3.63, 3.8) is 0 Å². The molecule has 0 N–H and O–H groups in total. The monoisotopic (exact) mass is 372 g/mol. The van der Waals surface area contributed by atoms with Crippen molar-refractivity contribution in [2.45, 2.75) is 37.5 Å². The molecule has 0 aromatic heterocycles. The Morgan fingerprint density at radius 1 is 1.12 bits per heavy atom. The van der Waals surface area contributed by atoms with Gasteiger partial charge in [-0.05, 0) is 56.2 Å². The summed E-state index contributed by atoms with van der Waals surface area (Å²) in [5.41, 5.74) is 0. The van der Waals surface area contributed by atoms with Crippen molar-refractivity contribution in [2.24, 2.45) is 11.8 Å². The van der Waals surface area contributed by atoms with Gasteiger partial charge in [0.25, 0.3) is 0 Å². The maximum Gasteiger partial charge on any atom is 0.245 e. The van der Waals surface area contributed by atoms with E-state index >= 15 is 0 Å². The molecule has 0 aliphatic carbocycles. The Labute approximate surface area is 148 Å². The van der Waals surface area contributed by atoms with Gasteiger partial charge in [0.2, 0.25) is 10.0 Å². The lowest BCUT2D eigenvalue weighted by atomic mass is 9.94. The molecule has 0 radical (unpaired) electrons. The van der Waals surface area contributed by atoms with Gasteiger partial charge in [-0.1, -0.05) is 6.92 Å². The zero-order chi connectivity index (χ0) is 18.0. The van der Waals surface area contributed by atoms with Crippen molar-refractivity contribution in [1.29, 1.82) is 0 Å². The average molecular weight is 372 g/mol. The number of hydrogen-bond donors (Lipinski definition) is 0. The van der Waals surface area contributed by atoms with Crippen LogP contribution in [0, 0.1) is 23.5 Å². The lowest BCUT2D eigenvalue weighted by Gasteiger charge is -2.37. The molecular formula is C18H26F2N2O2S. The molecule has 2 aliphatic heterocycles. The first-order valence-electron chi connectivity index (χ1n) is 9.04. The number of benzene rings is 1. The van der Waals surface area contributed by atoms with Crippen LogP contribution in [0.1, 0.15) is 32.6 Å². The van der Waals surface area contributed by atoms with Gasteiger partial charge in [-0.25, -0.2) is 17.2 Å². The molecule has 25 heavy (non-hydrogen) atoms. The summed E-state index contributed by atoms with van der Waals surface area (Å²) < 4.78 is 53.5. The van der Waals surface area contributed by atoms with E-state index in [0.717, 1.165) is 50.5 Å². The first-order chi connectivity index (χ1) is 11.9. The van der Waals surface area contributed by atoms with Gasteiger partial charge in [0.1, 0.15) is 16.5 Å². The van der Waals surface area contributed by atoms with Crippen LogP contribution in [0.3, 0.4) is 0 Å². The maximum absolute atomic E-state index is 13.9. The Bertz CT molecular complexity index is 703. The molecule has 2 heterocycles. The fourth-order valence-corrected chi connectivity index (χ4v) is 5.49. The number of halogens is 2. The van der Waals surface area contributed by atoms with Gasteiger partial charge in [0, 0.05) is 32.2 Å². The highest BCUT2D eigenvalue weighted by Crippen LogP contribution is 2.27. The minimum atomic E-state index is -3.90. The standard InChI is InChI=1S/C18H26F2N2O2S/c1-14-3-2-8-21(12-14)13-15-6-9-22(10-7-15)25(23,24)18-5-4-16(19)11-17(18)20/h4-5,11,14-15H,2-3,6-10,12-13H2,1H3. The van der Waals surface area contributed by atoms with Crippen molar-refractivity contribution in [3.8, 4) is 0 Å². The van der Waals surface area contributed by atoms with E-state index in [-0.39, 0.29) is 0 Å². The molecule has 2 saturated heterocycles. The molecule has 1 aromatic carbocycles. The predicted octanol–water partition coefficient (Wildman–Crippen LogP) is 3.10. The Morgan fingerprint density at radius 3 is 2.48 bits per heavy atom. The second kappa shape index (κ2) is 7.68. The van der Waals surface area contributed by atoms with E-state index in [9.17, 15) is 17.2 Å². The SMILES string of the molecule is CC1CCCN(CC2CCN(S(=O)(=O)c3ccc(F)cc3F)CC2)C1. The third kappa shape index (κ3) is 4.38. The van der Waals surface area contributed by atoms with Gasteiger partial charge in [0.05, 0.1) is 0 Å². The summed E-state index contributed by atoms with van der Waals surface area (Å²) in [5, 5.41) is 0. The van der Waals surface area contributed by atoms with Crippen LogP contribution in [0.25, 0.3) is 0 Å². The number of hydrogen-bond acceptors (Lipinski definition) is 3. The minimum absolute atomic E-state index is 0.396. The molecule has 2 aliphatic rings. The van der Waals surface area contributed by atoms with Crippen LogP contribution in [0.15, 0.2) is 23.1 Å². The Hall–Kier alpha value is -1.05. The zero-order valence-electron chi connectivity index (χ0n) is 14.6. The van der Waals surface area contributed by atoms with Crippen molar-refractivity contribution >= 4 is 10.0 Å². The molecule has 4 nitrogen and oxygen atoms in total. The third-order valence-electron chi connectivity index (χ3n) is 5.34. The van der Waals surface area contributed by atoms with Crippen LogP contribution < -0.4 is 0 Å². The number of piperidine rings is 2. The van der Waals surface area contributed by atoms with E-state index < -0.39 is 26.6 Å². The highest BCUT2D eigenvalue weighted by molar-refractivity contribution is 7.89. The van der Waals surface area contributed by atoms with E-state index in [1.165, 1.54) is 17.1 Å².